The van der Waals surface area contributed by atoms with E-state index in [1.54, 1.807) is 0 Å². The SMILES string of the molecule is CCC1CCCN(C(=O)C(C)(C)CN)C1. The zero-order valence-corrected chi connectivity index (χ0v) is 10.3. The Bertz CT molecular complexity index is 226. The Morgan fingerprint density at radius 2 is 2.20 bits per heavy atom. The molecule has 1 fully saturated rings. The topological polar surface area (TPSA) is 46.3 Å². The molecule has 0 aliphatic carbocycles. The monoisotopic (exact) mass is 212 g/mol. The molecule has 1 saturated heterocycles. The summed E-state index contributed by atoms with van der Waals surface area (Å²) in [6.45, 7) is 8.35. The van der Waals surface area contributed by atoms with Gasteiger partial charge in [-0.1, -0.05) is 13.3 Å². The molecule has 0 aromatic carbocycles. The van der Waals surface area contributed by atoms with Crippen molar-refractivity contribution in [1.82, 2.24) is 4.90 Å². The van der Waals surface area contributed by atoms with Crippen molar-refractivity contribution in [3.8, 4) is 0 Å². The molecule has 1 amide bonds. The van der Waals surface area contributed by atoms with Crippen LogP contribution in [0.15, 0.2) is 0 Å². The van der Waals surface area contributed by atoms with Gasteiger partial charge in [0.25, 0.3) is 0 Å². The molecule has 1 atom stereocenters. The van der Waals surface area contributed by atoms with Crippen molar-refractivity contribution >= 4 is 5.91 Å². The Morgan fingerprint density at radius 3 is 2.73 bits per heavy atom. The van der Waals surface area contributed by atoms with Crippen LogP contribution in [-0.4, -0.2) is 30.4 Å². The molecule has 1 unspecified atom stereocenters. The molecule has 1 aliphatic heterocycles. The second kappa shape index (κ2) is 4.97. The zero-order valence-electron chi connectivity index (χ0n) is 10.3. The van der Waals surface area contributed by atoms with E-state index in [0.717, 1.165) is 19.5 Å². The third-order valence-corrected chi connectivity index (χ3v) is 3.47. The molecule has 15 heavy (non-hydrogen) atoms. The third-order valence-electron chi connectivity index (χ3n) is 3.47. The van der Waals surface area contributed by atoms with Crippen molar-refractivity contribution in [1.29, 1.82) is 0 Å². The van der Waals surface area contributed by atoms with Crippen molar-refractivity contribution in [2.45, 2.75) is 40.0 Å². The van der Waals surface area contributed by atoms with Crippen molar-refractivity contribution in [2.75, 3.05) is 19.6 Å². The van der Waals surface area contributed by atoms with Crippen LogP contribution in [0, 0.1) is 11.3 Å². The van der Waals surface area contributed by atoms with Gasteiger partial charge in [-0.3, -0.25) is 4.79 Å². The fourth-order valence-electron chi connectivity index (χ4n) is 2.10. The molecule has 88 valence electrons. The van der Waals surface area contributed by atoms with Crippen LogP contribution >= 0.6 is 0 Å². The predicted molar refractivity (Wildman–Crippen MR) is 62.4 cm³/mol. The molecular weight excluding hydrogens is 188 g/mol. The lowest BCUT2D eigenvalue weighted by Crippen LogP contribution is -2.48. The molecule has 3 heteroatoms. The van der Waals surface area contributed by atoms with Crippen LogP contribution in [-0.2, 0) is 4.79 Å². The molecule has 1 rings (SSSR count). The molecule has 1 heterocycles. The van der Waals surface area contributed by atoms with Gasteiger partial charge in [-0.15, -0.1) is 0 Å². The summed E-state index contributed by atoms with van der Waals surface area (Å²) in [5.74, 6) is 0.916. The largest absolute Gasteiger partial charge is 0.342 e. The normalized spacial score (nSPS) is 22.9. The first-order valence-electron chi connectivity index (χ1n) is 6.00. The first kappa shape index (κ1) is 12.5. The summed E-state index contributed by atoms with van der Waals surface area (Å²) >= 11 is 0. The fourth-order valence-corrected chi connectivity index (χ4v) is 2.10. The number of hydrogen-bond acceptors (Lipinski definition) is 2. The molecule has 2 N–H and O–H groups in total. The van der Waals surface area contributed by atoms with Gasteiger partial charge in [0.05, 0.1) is 5.41 Å². The first-order chi connectivity index (χ1) is 7.01. The molecule has 3 nitrogen and oxygen atoms in total. The lowest BCUT2D eigenvalue weighted by molar-refractivity contribution is -0.141. The Kier molecular flexibility index (Phi) is 4.14. The number of likely N-dealkylation sites (tertiary alicyclic amines) is 1. The average molecular weight is 212 g/mol. The molecule has 0 bridgehead atoms. The van der Waals surface area contributed by atoms with Gasteiger partial charge in [-0.25, -0.2) is 0 Å². The van der Waals surface area contributed by atoms with E-state index in [-0.39, 0.29) is 5.91 Å². The molecule has 0 aromatic rings. The number of carbonyl (C=O) groups excluding carboxylic acids is 1. The molecule has 0 radical (unpaired) electrons. The maximum atomic E-state index is 12.2. The highest BCUT2D eigenvalue weighted by Crippen LogP contribution is 2.24. The highest BCUT2D eigenvalue weighted by Gasteiger charge is 2.32. The zero-order chi connectivity index (χ0) is 11.5. The van der Waals surface area contributed by atoms with Crippen LogP contribution in [0.1, 0.15) is 40.0 Å². The summed E-state index contributed by atoms with van der Waals surface area (Å²) in [4.78, 5) is 14.2. The molecule has 0 aromatic heterocycles. The van der Waals surface area contributed by atoms with Gasteiger partial charge in [-0.2, -0.15) is 0 Å². The standard InChI is InChI=1S/C12H24N2O/c1-4-10-6-5-7-14(8-10)11(15)12(2,3)9-13/h10H,4-9,13H2,1-3H3. The second-order valence-corrected chi connectivity index (χ2v) is 5.26. The smallest absolute Gasteiger partial charge is 0.229 e. The number of nitrogens with two attached hydrogens (primary N) is 1. The van der Waals surface area contributed by atoms with Gasteiger partial charge in [0.1, 0.15) is 0 Å². The Hall–Kier alpha value is -0.570. The maximum absolute atomic E-state index is 12.2. The van der Waals surface area contributed by atoms with Crippen molar-refractivity contribution in [3.05, 3.63) is 0 Å². The highest BCUT2D eigenvalue weighted by molar-refractivity contribution is 5.82. The summed E-state index contributed by atoms with van der Waals surface area (Å²) in [6, 6.07) is 0. The molecule has 0 saturated carbocycles. The molecular formula is C12H24N2O. The number of piperidine rings is 1. The van der Waals surface area contributed by atoms with E-state index < -0.39 is 5.41 Å². The van der Waals surface area contributed by atoms with Crippen LogP contribution < -0.4 is 5.73 Å². The van der Waals surface area contributed by atoms with Crippen LogP contribution in [0.25, 0.3) is 0 Å². The van der Waals surface area contributed by atoms with Gasteiger partial charge in [0, 0.05) is 19.6 Å². The summed E-state index contributed by atoms with van der Waals surface area (Å²) in [5, 5.41) is 0. The van der Waals surface area contributed by atoms with Crippen molar-refractivity contribution < 1.29 is 4.79 Å². The summed E-state index contributed by atoms with van der Waals surface area (Å²) in [5.41, 5.74) is 5.24. The number of nitrogens with zero attached hydrogens (tertiary/aromatic N) is 1. The van der Waals surface area contributed by atoms with Gasteiger partial charge >= 0.3 is 0 Å². The van der Waals surface area contributed by atoms with Crippen molar-refractivity contribution in [2.24, 2.45) is 17.1 Å². The first-order valence-corrected chi connectivity index (χ1v) is 6.00. The number of hydrogen-bond donors (Lipinski definition) is 1. The van der Waals surface area contributed by atoms with Crippen molar-refractivity contribution in [3.63, 3.8) is 0 Å². The van der Waals surface area contributed by atoms with E-state index in [4.69, 9.17) is 5.73 Å². The minimum Gasteiger partial charge on any atom is -0.342 e. The second-order valence-electron chi connectivity index (χ2n) is 5.26. The Morgan fingerprint density at radius 1 is 1.53 bits per heavy atom. The quantitative estimate of drug-likeness (QED) is 0.772. The van der Waals surface area contributed by atoms with E-state index in [1.807, 2.05) is 18.7 Å². The lowest BCUT2D eigenvalue weighted by Gasteiger charge is -2.37. The van der Waals surface area contributed by atoms with Gasteiger partial charge in [-0.05, 0) is 32.6 Å². The van der Waals surface area contributed by atoms with Crippen LogP contribution in [0.4, 0.5) is 0 Å². The van der Waals surface area contributed by atoms with Gasteiger partial charge < -0.3 is 10.6 Å². The van der Waals surface area contributed by atoms with E-state index >= 15 is 0 Å². The average Bonchev–Trinajstić information content (AvgIpc) is 2.28. The number of amides is 1. The molecule has 1 aliphatic rings. The van der Waals surface area contributed by atoms with Crippen LogP contribution in [0.2, 0.25) is 0 Å². The molecule has 0 spiro atoms. The van der Waals surface area contributed by atoms with Gasteiger partial charge in [0.15, 0.2) is 0 Å². The predicted octanol–water partition coefficient (Wildman–Crippen LogP) is 1.62. The summed E-state index contributed by atoms with van der Waals surface area (Å²) < 4.78 is 0. The van der Waals surface area contributed by atoms with Crippen LogP contribution in [0.3, 0.4) is 0 Å². The summed E-state index contributed by atoms with van der Waals surface area (Å²) in [7, 11) is 0. The van der Waals surface area contributed by atoms with E-state index in [2.05, 4.69) is 6.92 Å². The Balaban J connectivity index is 2.60. The number of carbonyl (C=O) groups is 1. The Labute approximate surface area is 93.0 Å². The summed E-state index contributed by atoms with van der Waals surface area (Å²) in [6.07, 6.45) is 3.58. The van der Waals surface area contributed by atoms with Crippen LogP contribution in [0.5, 0.6) is 0 Å². The van der Waals surface area contributed by atoms with E-state index in [1.165, 1.54) is 12.8 Å². The maximum Gasteiger partial charge on any atom is 0.229 e. The van der Waals surface area contributed by atoms with Gasteiger partial charge in [0.2, 0.25) is 5.91 Å². The minimum atomic E-state index is -0.393. The highest BCUT2D eigenvalue weighted by atomic mass is 16.2. The lowest BCUT2D eigenvalue weighted by atomic mass is 9.89. The number of rotatable bonds is 3. The third kappa shape index (κ3) is 2.94. The van der Waals surface area contributed by atoms with E-state index in [0.29, 0.717) is 12.5 Å². The fraction of sp³-hybridized carbons (Fsp3) is 0.917. The minimum absolute atomic E-state index is 0.225. The van der Waals surface area contributed by atoms with E-state index in [9.17, 15) is 4.79 Å².